The van der Waals surface area contributed by atoms with Crippen LogP contribution in [0.15, 0.2) is 29.2 Å². The number of sulfonamides is 1. The molecule has 1 aliphatic heterocycles. The number of hydrogen-bond acceptors (Lipinski definition) is 6. The smallest absolute Gasteiger partial charge is 0.407 e. The molecule has 2 atom stereocenters. The maximum atomic E-state index is 13.5. The Hall–Kier alpha value is -2.81. The Balaban J connectivity index is 2.48. The van der Waals surface area contributed by atoms with Gasteiger partial charge in [0.15, 0.2) is 0 Å². The van der Waals surface area contributed by atoms with Crippen LogP contribution in [0, 0.1) is 17.3 Å². The molecule has 0 aromatic heterocycles. The lowest BCUT2D eigenvalue weighted by Gasteiger charge is -2.39. The van der Waals surface area contributed by atoms with Gasteiger partial charge in [0, 0.05) is 13.1 Å². The van der Waals surface area contributed by atoms with E-state index in [4.69, 9.17) is 4.74 Å². The fourth-order valence-corrected chi connectivity index (χ4v) is 5.19. The quantitative estimate of drug-likeness (QED) is 0.341. The van der Waals surface area contributed by atoms with Gasteiger partial charge < -0.3 is 14.7 Å². The number of hydroxylamine groups is 1. The van der Waals surface area contributed by atoms with Crippen LogP contribution in [0.5, 0.6) is 5.75 Å². The molecule has 1 saturated heterocycles. The summed E-state index contributed by atoms with van der Waals surface area (Å²) in [4.78, 5) is 25.3. The summed E-state index contributed by atoms with van der Waals surface area (Å²) in [6.45, 7) is 6.93. The van der Waals surface area contributed by atoms with Crippen LogP contribution in [0.25, 0.3) is 0 Å². The Morgan fingerprint density at radius 3 is 2.38 bits per heavy atom. The Morgan fingerprint density at radius 1 is 1.25 bits per heavy atom. The lowest BCUT2D eigenvalue weighted by atomic mass is 9.86. The fourth-order valence-electron chi connectivity index (χ4n) is 3.56. The molecule has 1 fully saturated rings. The molecule has 2 rings (SSSR count). The van der Waals surface area contributed by atoms with E-state index < -0.39 is 39.5 Å². The van der Waals surface area contributed by atoms with Gasteiger partial charge in [0.1, 0.15) is 18.4 Å². The molecule has 0 spiro atoms. The SMILES string of the molecule is CC#CCOc1ccc(S(=O)(=O)N2CC(C(C)(C)C)N(C(=O)O)CCC2C(=O)NO)cc1. The van der Waals surface area contributed by atoms with E-state index >= 15 is 0 Å². The van der Waals surface area contributed by atoms with Crippen LogP contribution in [0.2, 0.25) is 0 Å². The maximum absolute atomic E-state index is 13.5. The van der Waals surface area contributed by atoms with Crippen molar-refractivity contribution in [3.05, 3.63) is 24.3 Å². The summed E-state index contributed by atoms with van der Waals surface area (Å²) in [6, 6.07) is 3.66. The molecule has 176 valence electrons. The van der Waals surface area contributed by atoms with Gasteiger partial charge in [-0.3, -0.25) is 10.0 Å². The number of carbonyl (C=O) groups excluding carboxylic acids is 1. The average Bonchev–Trinajstić information content (AvgIpc) is 2.94. The first-order valence-corrected chi connectivity index (χ1v) is 11.4. The van der Waals surface area contributed by atoms with E-state index in [2.05, 4.69) is 11.8 Å². The van der Waals surface area contributed by atoms with Crippen LogP contribution in [-0.2, 0) is 14.8 Å². The molecule has 1 aromatic rings. The third-order valence-corrected chi connectivity index (χ3v) is 7.19. The highest BCUT2D eigenvalue weighted by atomic mass is 32.2. The standard InChI is InChI=1S/C21H29N3O7S/c1-5-6-13-31-15-7-9-16(10-8-15)32(29,30)24-14-18(21(2,3)4)23(20(26)27)12-11-17(24)19(25)22-28/h7-10,17-18,28H,11-14H2,1-4H3,(H,22,25)(H,26,27). The van der Waals surface area contributed by atoms with Gasteiger partial charge in [-0.25, -0.2) is 18.7 Å². The van der Waals surface area contributed by atoms with Gasteiger partial charge >= 0.3 is 6.09 Å². The zero-order valence-electron chi connectivity index (χ0n) is 18.5. The number of nitrogens with one attached hydrogen (secondary N) is 1. The molecule has 3 N–H and O–H groups in total. The number of ether oxygens (including phenoxy) is 1. The number of amides is 2. The third kappa shape index (κ3) is 5.70. The summed E-state index contributed by atoms with van der Waals surface area (Å²) in [5.74, 6) is 4.93. The zero-order valence-corrected chi connectivity index (χ0v) is 19.3. The van der Waals surface area contributed by atoms with Crippen molar-refractivity contribution in [3.63, 3.8) is 0 Å². The van der Waals surface area contributed by atoms with Gasteiger partial charge in [-0.2, -0.15) is 4.31 Å². The minimum Gasteiger partial charge on any atom is -0.481 e. The van der Waals surface area contributed by atoms with E-state index in [1.807, 2.05) is 0 Å². The van der Waals surface area contributed by atoms with E-state index in [9.17, 15) is 28.3 Å². The second-order valence-electron chi connectivity index (χ2n) is 8.40. The summed E-state index contributed by atoms with van der Waals surface area (Å²) in [5, 5.41) is 18.9. The van der Waals surface area contributed by atoms with Crippen molar-refractivity contribution >= 4 is 22.0 Å². The van der Waals surface area contributed by atoms with Crippen LogP contribution < -0.4 is 10.2 Å². The maximum Gasteiger partial charge on any atom is 0.407 e. The highest BCUT2D eigenvalue weighted by molar-refractivity contribution is 7.89. The molecule has 2 amide bonds. The largest absolute Gasteiger partial charge is 0.481 e. The van der Waals surface area contributed by atoms with Crippen LogP contribution in [0.3, 0.4) is 0 Å². The first kappa shape index (κ1) is 25.5. The summed E-state index contributed by atoms with van der Waals surface area (Å²) >= 11 is 0. The van der Waals surface area contributed by atoms with E-state index in [0.29, 0.717) is 5.75 Å². The zero-order chi connectivity index (χ0) is 24.1. The van der Waals surface area contributed by atoms with E-state index in [0.717, 1.165) is 9.21 Å². The van der Waals surface area contributed by atoms with Crippen LogP contribution in [0.4, 0.5) is 4.79 Å². The highest BCUT2D eigenvalue weighted by Gasteiger charge is 2.45. The first-order chi connectivity index (χ1) is 14.9. The van der Waals surface area contributed by atoms with E-state index in [1.54, 1.807) is 27.7 Å². The summed E-state index contributed by atoms with van der Waals surface area (Å²) in [6.07, 6.45) is -1.31. The molecule has 0 bridgehead atoms. The molecule has 1 aromatic carbocycles. The van der Waals surface area contributed by atoms with Crippen molar-refractivity contribution in [2.24, 2.45) is 5.41 Å². The number of nitrogens with zero attached hydrogens (tertiary/aromatic N) is 2. The lowest BCUT2D eigenvalue weighted by molar-refractivity contribution is -0.133. The summed E-state index contributed by atoms with van der Waals surface area (Å²) < 4.78 is 33.4. The molecular weight excluding hydrogens is 438 g/mol. The van der Waals surface area contributed by atoms with Crippen molar-refractivity contribution in [2.45, 2.75) is 51.1 Å². The molecule has 0 saturated carbocycles. The monoisotopic (exact) mass is 467 g/mol. The second-order valence-corrected chi connectivity index (χ2v) is 10.3. The molecule has 2 unspecified atom stereocenters. The minimum atomic E-state index is -4.22. The molecule has 32 heavy (non-hydrogen) atoms. The van der Waals surface area contributed by atoms with Gasteiger partial charge in [-0.05, 0) is 43.0 Å². The lowest BCUT2D eigenvalue weighted by Crippen LogP contribution is -2.54. The Kier molecular flexibility index (Phi) is 8.12. The number of carbonyl (C=O) groups is 2. The number of rotatable bonds is 5. The molecule has 0 aliphatic carbocycles. The van der Waals surface area contributed by atoms with Crippen molar-refractivity contribution in [3.8, 4) is 17.6 Å². The normalized spacial score (nSPS) is 20.0. The van der Waals surface area contributed by atoms with Crippen molar-refractivity contribution < 1.29 is 33.1 Å². The molecule has 11 heteroatoms. The summed E-state index contributed by atoms with van der Waals surface area (Å²) in [5.41, 5.74) is 0.891. The molecular formula is C21H29N3O7S. The van der Waals surface area contributed by atoms with Crippen LogP contribution >= 0.6 is 0 Å². The number of benzene rings is 1. The Morgan fingerprint density at radius 2 is 1.88 bits per heavy atom. The molecule has 10 nitrogen and oxygen atoms in total. The molecule has 1 heterocycles. The van der Waals surface area contributed by atoms with Crippen molar-refractivity contribution in [2.75, 3.05) is 19.7 Å². The van der Waals surface area contributed by atoms with Crippen molar-refractivity contribution in [1.82, 2.24) is 14.7 Å². The van der Waals surface area contributed by atoms with E-state index in [1.165, 1.54) is 29.7 Å². The predicted octanol–water partition coefficient (Wildman–Crippen LogP) is 1.75. The first-order valence-electron chi connectivity index (χ1n) is 10.0. The minimum absolute atomic E-state index is 0.0629. The highest BCUT2D eigenvalue weighted by Crippen LogP contribution is 2.32. The van der Waals surface area contributed by atoms with E-state index in [-0.39, 0.29) is 31.0 Å². The molecule has 0 radical (unpaired) electrons. The van der Waals surface area contributed by atoms with Gasteiger partial charge in [-0.1, -0.05) is 26.7 Å². The number of carboxylic acid groups (broad SMARTS) is 1. The predicted molar refractivity (Wildman–Crippen MR) is 116 cm³/mol. The summed E-state index contributed by atoms with van der Waals surface area (Å²) in [7, 11) is -4.22. The van der Waals surface area contributed by atoms with Gasteiger partial charge in [0.2, 0.25) is 10.0 Å². The fraction of sp³-hybridized carbons (Fsp3) is 0.524. The molecule has 1 aliphatic rings. The van der Waals surface area contributed by atoms with Gasteiger partial charge in [0.25, 0.3) is 5.91 Å². The number of hydrogen-bond donors (Lipinski definition) is 3. The van der Waals surface area contributed by atoms with Crippen molar-refractivity contribution in [1.29, 1.82) is 0 Å². The van der Waals surface area contributed by atoms with Crippen LogP contribution in [0.1, 0.15) is 34.1 Å². The average molecular weight is 468 g/mol. The van der Waals surface area contributed by atoms with Gasteiger partial charge in [-0.15, -0.1) is 5.92 Å². The van der Waals surface area contributed by atoms with Gasteiger partial charge in [0.05, 0.1) is 10.9 Å². The second kappa shape index (κ2) is 10.2. The Bertz CT molecular complexity index is 991. The van der Waals surface area contributed by atoms with Crippen LogP contribution in [-0.4, -0.2) is 71.7 Å². The third-order valence-electron chi connectivity index (χ3n) is 5.30. The topological polar surface area (TPSA) is 136 Å². The Labute approximate surface area is 188 Å².